The first kappa shape index (κ1) is 10.5. The second-order valence-electron chi connectivity index (χ2n) is 3.57. The van der Waals surface area contributed by atoms with Crippen molar-refractivity contribution in [1.29, 1.82) is 0 Å². The molecule has 0 spiro atoms. The summed E-state index contributed by atoms with van der Waals surface area (Å²) in [6, 6.07) is 6.97. The second kappa shape index (κ2) is 4.26. The van der Waals surface area contributed by atoms with E-state index in [1.807, 2.05) is 19.1 Å². The van der Waals surface area contributed by atoms with Gasteiger partial charge in [0.1, 0.15) is 5.75 Å². The number of ether oxygens (including phenoxy) is 1. The minimum absolute atomic E-state index is 0.0858. The maximum absolute atomic E-state index is 10.7. The van der Waals surface area contributed by atoms with E-state index >= 15 is 0 Å². The first-order valence-electron chi connectivity index (χ1n) is 5.17. The number of rotatable bonds is 4. The van der Waals surface area contributed by atoms with Gasteiger partial charge in [0.15, 0.2) is 0 Å². The summed E-state index contributed by atoms with van der Waals surface area (Å²) in [6.07, 6.45) is 0.940. The fraction of sp³-hybridized carbons (Fsp3) is 0.250. The maximum atomic E-state index is 10.7. The molecule has 0 aliphatic rings. The molecule has 4 nitrogen and oxygen atoms in total. The Morgan fingerprint density at radius 1 is 1.44 bits per heavy atom. The van der Waals surface area contributed by atoms with Gasteiger partial charge in [0, 0.05) is 10.9 Å². The molecule has 4 heteroatoms. The van der Waals surface area contributed by atoms with Gasteiger partial charge >= 0.3 is 0 Å². The van der Waals surface area contributed by atoms with E-state index in [2.05, 4.69) is 4.98 Å². The molecule has 0 aliphatic carbocycles. The number of carbonyl (C=O) groups is 1. The van der Waals surface area contributed by atoms with Crippen molar-refractivity contribution in [2.45, 2.75) is 13.3 Å². The van der Waals surface area contributed by atoms with Gasteiger partial charge in [-0.05, 0) is 30.7 Å². The topological polar surface area (TPSA) is 65.2 Å². The molecule has 0 atom stereocenters. The Bertz CT molecular complexity index is 516. The highest BCUT2D eigenvalue weighted by Gasteiger charge is 2.02. The predicted octanol–water partition coefficient (Wildman–Crippen LogP) is 1.32. The van der Waals surface area contributed by atoms with Crippen LogP contribution in [0.2, 0.25) is 0 Å². The van der Waals surface area contributed by atoms with Gasteiger partial charge in [-0.15, -0.1) is 0 Å². The minimum Gasteiger partial charge on any atom is -0.543 e. The maximum Gasteiger partial charge on any atom is 0.120 e. The Balaban J connectivity index is 2.34. The quantitative estimate of drug-likeness (QED) is 0.841. The zero-order chi connectivity index (χ0) is 11.5. The SMILES string of the molecule is CCCOc1ccc2[nH]c(C(=O)[O-])cc2c1. The van der Waals surface area contributed by atoms with Gasteiger partial charge in [0.2, 0.25) is 0 Å². The molecular formula is C12H12NO3-. The lowest BCUT2D eigenvalue weighted by Crippen LogP contribution is -2.22. The fourth-order valence-electron chi connectivity index (χ4n) is 1.53. The van der Waals surface area contributed by atoms with Crippen LogP contribution in [0.25, 0.3) is 10.9 Å². The predicted molar refractivity (Wildman–Crippen MR) is 58.4 cm³/mol. The van der Waals surface area contributed by atoms with Crippen molar-refractivity contribution < 1.29 is 14.6 Å². The highest BCUT2D eigenvalue weighted by Crippen LogP contribution is 2.21. The third-order valence-electron chi connectivity index (χ3n) is 2.28. The number of carboxylic acid groups (broad SMARTS) is 1. The van der Waals surface area contributed by atoms with Crippen LogP contribution in [0, 0.1) is 0 Å². The highest BCUT2D eigenvalue weighted by atomic mass is 16.5. The number of nitrogens with one attached hydrogen (secondary N) is 1. The average molecular weight is 218 g/mol. The smallest absolute Gasteiger partial charge is 0.120 e. The number of H-pyrrole nitrogens is 1. The molecule has 16 heavy (non-hydrogen) atoms. The summed E-state index contributed by atoms with van der Waals surface area (Å²) in [5, 5.41) is 11.5. The Labute approximate surface area is 92.9 Å². The van der Waals surface area contributed by atoms with Crippen molar-refractivity contribution in [3.63, 3.8) is 0 Å². The first-order valence-corrected chi connectivity index (χ1v) is 5.17. The van der Waals surface area contributed by atoms with Crippen LogP contribution in [0.3, 0.4) is 0 Å². The molecule has 0 bridgehead atoms. The fourth-order valence-corrected chi connectivity index (χ4v) is 1.53. The number of aromatic carboxylic acids is 1. The molecule has 1 aromatic carbocycles. The molecule has 1 heterocycles. The summed E-state index contributed by atoms with van der Waals surface area (Å²) in [7, 11) is 0. The summed E-state index contributed by atoms with van der Waals surface area (Å²) in [4.78, 5) is 13.4. The van der Waals surface area contributed by atoms with Crippen molar-refractivity contribution in [1.82, 2.24) is 4.98 Å². The van der Waals surface area contributed by atoms with E-state index in [9.17, 15) is 9.90 Å². The van der Waals surface area contributed by atoms with Gasteiger partial charge < -0.3 is 19.6 Å². The van der Waals surface area contributed by atoms with Crippen LogP contribution >= 0.6 is 0 Å². The van der Waals surface area contributed by atoms with E-state index < -0.39 is 5.97 Å². The number of carboxylic acids is 1. The Hall–Kier alpha value is -1.97. The number of benzene rings is 1. The van der Waals surface area contributed by atoms with Crippen LogP contribution in [0.4, 0.5) is 0 Å². The Morgan fingerprint density at radius 3 is 2.94 bits per heavy atom. The summed E-state index contributed by atoms with van der Waals surface area (Å²) in [5.41, 5.74) is 0.852. The van der Waals surface area contributed by atoms with Gasteiger partial charge in [0.25, 0.3) is 0 Å². The van der Waals surface area contributed by atoms with E-state index in [-0.39, 0.29) is 5.69 Å². The minimum atomic E-state index is -1.20. The highest BCUT2D eigenvalue weighted by molar-refractivity contribution is 5.93. The monoisotopic (exact) mass is 218 g/mol. The van der Waals surface area contributed by atoms with E-state index in [0.717, 1.165) is 23.1 Å². The van der Waals surface area contributed by atoms with Gasteiger partial charge in [-0.2, -0.15) is 0 Å². The lowest BCUT2D eigenvalue weighted by atomic mass is 10.2. The van der Waals surface area contributed by atoms with Crippen molar-refractivity contribution >= 4 is 16.9 Å². The molecule has 1 aromatic heterocycles. The standard InChI is InChI=1S/C12H13NO3/c1-2-5-16-9-3-4-10-8(6-9)7-11(13-10)12(14)15/h3-4,6-7,13H,2,5H2,1H3,(H,14,15)/p-1. The Morgan fingerprint density at radius 2 is 2.25 bits per heavy atom. The van der Waals surface area contributed by atoms with E-state index in [0.29, 0.717) is 6.61 Å². The van der Waals surface area contributed by atoms with Crippen LogP contribution in [-0.4, -0.2) is 17.6 Å². The lowest BCUT2D eigenvalue weighted by molar-refractivity contribution is -0.255. The number of aromatic amines is 1. The summed E-state index contributed by atoms with van der Waals surface area (Å²) in [5.74, 6) is -0.453. The lowest BCUT2D eigenvalue weighted by Gasteiger charge is -2.03. The molecule has 0 aliphatic heterocycles. The molecule has 1 N–H and O–H groups in total. The first-order chi connectivity index (χ1) is 7.70. The van der Waals surface area contributed by atoms with Crippen molar-refractivity contribution in [3.8, 4) is 5.75 Å². The number of hydrogen-bond donors (Lipinski definition) is 1. The molecule has 0 saturated carbocycles. The average Bonchev–Trinajstić information content (AvgIpc) is 2.69. The molecule has 0 radical (unpaired) electrons. The van der Waals surface area contributed by atoms with Crippen LogP contribution in [0.15, 0.2) is 24.3 Å². The third-order valence-corrected chi connectivity index (χ3v) is 2.28. The van der Waals surface area contributed by atoms with Crippen LogP contribution in [0.5, 0.6) is 5.75 Å². The second-order valence-corrected chi connectivity index (χ2v) is 3.57. The molecule has 0 saturated heterocycles. The van der Waals surface area contributed by atoms with Gasteiger partial charge in [-0.1, -0.05) is 6.92 Å². The van der Waals surface area contributed by atoms with Gasteiger partial charge in [0.05, 0.1) is 18.3 Å². The molecule has 0 amide bonds. The zero-order valence-electron chi connectivity index (χ0n) is 8.95. The molecule has 2 rings (SSSR count). The summed E-state index contributed by atoms with van der Waals surface area (Å²) >= 11 is 0. The molecule has 84 valence electrons. The molecular weight excluding hydrogens is 206 g/mol. The van der Waals surface area contributed by atoms with Gasteiger partial charge in [-0.25, -0.2) is 0 Å². The number of aromatic nitrogens is 1. The van der Waals surface area contributed by atoms with Crippen molar-refractivity contribution in [3.05, 3.63) is 30.0 Å². The van der Waals surface area contributed by atoms with Crippen molar-refractivity contribution in [2.75, 3.05) is 6.61 Å². The normalized spacial score (nSPS) is 10.6. The Kier molecular flexibility index (Phi) is 2.81. The largest absolute Gasteiger partial charge is 0.543 e. The third kappa shape index (κ3) is 2.00. The van der Waals surface area contributed by atoms with E-state index in [4.69, 9.17) is 4.74 Å². The molecule has 2 aromatic rings. The van der Waals surface area contributed by atoms with Gasteiger partial charge in [-0.3, -0.25) is 0 Å². The summed E-state index contributed by atoms with van der Waals surface area (Å²) in [6.45, 7) is 2.69. The van der Waals surface area contributed by atoms with E-state index in [1.54, 1.807) is 12.1 Å². The number of fused-ring (bicyclic) bond motifs is 1. The van der Waals surface area contributed by atoms with E-state index in [1.165, 1.54) is 0 Å². The number of carbonyl (C=O) groups excluding carboxylic acids is 1. The zero-order valence-corrected chi connectivity index (χ0v) is 8.95. The van der Waals surface area contributed by atoms with Crippen molar-refractivity contribution in [2.24, 2.45) is 0 Å². The van der Waals surface area contributed by atoms with Crippen LogP contribution in [0.1, 0.15) is 23.8 Å². The van der Waals surface area contributed by atoms with Crippen LogP contribution < -0.4 is 9.84 Å². The number of hydrogen-bond acceptors (Lipinski definition) is 3. The van der Waals surface area contributed by atoms with Crippen LogP contribution in [-0.2, 0) is 0 Å². The molecule has 0 unspecified atom stereocenters. The molecule has 0 fully saturated rings. The summed E-state index contributed by atoms with van der Waals surface area (Å²) < 4.78 is 5.46.